The van der Waals surface area contributed by atoms with Gasteiger partial charge in [-0.25, -0.2) is 0 Å². The molecule has 0 amide bonds. The highest BCUT2D eigenvalue weighted by atomic mass is 16.5. The lowest BCUT2D eigenvalue weighted by Gasteiger charge is -2.07. The van der Waals surface area contributed by atoms with Crippen LogP contribution in [0.15, 0.2) is 37.8 Å². The van der Waals surface area contributed by atoms with Gasteiger partial charge in [-0.15, -0.1) is 0 Å². The standard InChI is InChI=1S/C18H22N2O/c1-4-14-10-16(13-19-11-14)21-9-7-8-15-12-20-18(6-3)17(15)5-2/h5-6,10-13,20H,2-4,7-9H2,1H3. The van der Waals surface area contributed by atoms with E-state index in [0.29, 0.717) is 6.61 Å². The number of pyridine rings is 1. The Morgan fingerprint density at radius 2 is 2.14 bits per heavy atom. The fourth-order valence-electron chi connectivity index (χ4n) is 2.30. The summed E-state index contributed by atoms with van der Waals surface area (Å²) in [6.45, 7) is 10.4. The number of aryl methyl sites for hydroxylation is 2. The molecular weight excluding hydrogens is 260 g/mol. The Hall–Kier alpha value is -2.29. The highest BCUT2D eigenvalue weighted by Crippen LogP contribution is 2.18. The van der Waals surface area contributed by atoms with Crippen LogP contribution in [0.3, 0.4) is 0 Å². The highest BCUT2D eigenvalue weighted by Gasteiger charge is 2.05. The molecule has 2 aromatic heterocycles. The van der Waals surface area contributed by atoms with Crippen molar-refractivity contribution in [2.24, 2.45) is 0 Å². The summed E-state index contributed by atoms with van der Waals surface area (Å²) in [5, 5.41) is 0. The molecule has 0 aromatic carbocycles. The molecule has 0 saturated heterocycles. The summed E-state index contributed by atoms with van der Waals surface area (Å²) >= 11 is 0. The minimum atomic E-state index is 0.681. The molecule has 3 nitrogen and oxygen atoms in total. The van der Waals surface area contributed by atoms with Crippen molar-refractivity contribution in [2.45, 2.75) is 26.2 Å². The molecule has 0 saturated carbocycles. The predicted molar refractivity (Wildman–Crippen MR) is 88.4 cm³/mol. The highest BCUT2D eigenvalue weighted by molar-refractivity contribution is 5.64. The molecule has 2 heterocycles. The maximum atomic E-state index is 5.76. The number of ether oxygens (including phenoxy) is 1. The molecule has 0 radical (unpaired) electrons. The van der Waals surface area contributed by atoms with Gasteiger partial charge in [0.25, 0.3) is 0 Å². The van der Waals surface area contributed by atoms with Crippen molar-refractivity contribution in [3.63, 3.8) is 0 Å². The molecule has 110 valence electrons. The third kappa shape index (κ3) is 3.85. The van der Waals surface area contributed by atoms with Gasteiger partial charge in [-0.2, -0.15) is 0 Å². The summed E-state index contributed by atoms with van der Waals surface area (Å²) < 4.78 is 5.76. The molecule has 0 aliphatic heterocycles. The van der Waals surface area contributed by atoms with Crippen LogP contribution in [0, 0.1) is 0 Å². The van der Waals surface area contributed by atoms with E-state index in [0.717, 1.165) is 36.3 Å². The van der Waals surface area contributed by atoms with E-state index >= 15 is 0 Å². The first-order chi connectivity index (χ1) is 10.3. The molecule has 0 spiro atoms. The average Bonchev–Trinajstić information content (AvgIpc) is 2.93. The molecule has 0 aliphatic carbocycles. The van der Waals surface area contributed by atoms with Crippen LogP contribution in [0.2, 0.25) is 0 Å². The van der Waals surface area contributed by atoms with Gasteiger partial charge in [0.1, 0.15) is 5.75 Å². The monoisotopic (exact) mass is 282 g/mol. The second-order valence-electron chi connectivity index (χ2n) is 4.88. The van der Waals surface area contributed by atoms with Crippen LogP contribution in [0.5, 0.6) is 5.75 Å². The Morgan fingerprint density at radius 1 is 1.29 bits per heavy atom. The van der Waals surface area contributed by atoms with Gasteiger partial charge in [0, 0.05) is 23.7 Å². The molecule has 0 bridgehead atoms. The third-order valence-electron chi connectivity index (χ3n) is 3.48. The first-order valence-corrected chi connectivity index (χ1v) is 7.30. The van der Waals surface area contributed by atoms with Crippen molar-refractivity contribution in [2.75, 3.05) is 6.61 Å². The van der Waals surface area contributed by atoms with Crippen molar-refractivity contribution in [1.29, 1.82) is 0 Å². The molecule has 0 aliphatic rings. The van der Waals surface area contributed by atoms with Crippen LogP contribution in [-0.2, 0) is 12.8 Å². The van der Waals surface area contributed by atoms with Crippen LogP contribution in [0.25, 0.3) is 12.2 Å². The van der Waals surface area contributed by atoms with Crippen molar-refractivity contribution < 1.29 is 4.74 Å². The largest absolute Gasteiger partial charge is 0.492 e. The minimum Gasteiger partial charge on any atom is -0.492 e. The molecule has 21 heavy (non-hydrogen) atoms. The van der Waals surface area contributed by atoms with Crippen LogP contribution in [0.4, 0.5) is 0 Å². The Balaban J connectivity index is 1.85. The fourth-order valence-corrected chi connectivity index (χ4v) is 2.30. The molecular formula is C18H22N2O. The second kappa shape index (κ2) is 7.48. The summed E-state index contributed by atoms with van der Waals surface area (Å²) in [5.41, 5.74) is 4.62. The van der Waals surface area contributed by atoms with Crippen LogP contribution in [-0.4, -0.2) is 16.6 Å². The number of aromatic nitrogens is 2. The van der Waals surface area contributed by atoms with E-state index in [2.05, 4.69) is 30.0 Å². The van der Waals surface area contributed by atoms with Crippen LogP contribution >= 0.6 is 0 Å². The SMILES string of the molecule is C=Cc1[nH]cc(CCCOc2cncc(CC)c2)c1C=C. The lowest BCUT2D eigenvalue weighted by atomic mass is 10.1. The van der Waals surface area contributed by atoms with Crippen LogP contribution < -0.4 is 4.74 Å². The van der Waals surface area contributed by atoms with E-state index in [1.807, 2.05) is 30.6 Å². The summed E-state index contributed by atoms with van der Waals surface area (Å²) in [7, 11) is 0. The number of nitrogens with zero attached hydrogens (tertiary/aromatic N) is 1. The minimum absolute atomic E-state index is 0.681. The van der Waals surface area contributed by atoms with Crippen molar-refractivity contribution >= 4 is 12.2 Å². The summed E-state index contributed by atoms with van der Waals surface area (Å²) in [6.07, 6.45) is 12.2. The van der Waals surface area contributed by atoms with E-state index in [4.69, 9.17) is 4.74 Å². The predicted octanol–water partition coefficient (Wildman–Crippen LogP) is 4.27. The smallest absolute Gasteiger partial charge is 0.137 e. The Kier molecular flexibility index (Phi) is 5.38. The van der Waals surface area contributed by atoms with E-state index < -0.39 is 0 Å². The normalized spacial score (nSPS) is 10.3. The van der Waals surface area contributed by atoms with E-state index in [1.54, 1.807) is 6.20 Å². The number of hydrogen-bond donors (Lipinski definition) is 1. The van der Waals surface area contributed by atoms with E-state index in [9.17, 15) is 0 Å². The van der Waals surface area contributed by atoms with Gasteiger partial charge in [0.05, 0.1) is 12.8 Å². The molecule has 0 unspecified atom stereocenters. The zero-order valence-corrected chi connectivity index (χ0v) is 12.6. The van der Waals surface area contributed by atoms with Crippen molar-refractivity contribution in [3.8, 4) is 5.75 Å². The van der Waals surface area contributed by atoms with E-state index in [1.165, 1.54) is 11.1 Å². The lowest BCUT2D eigenvalue weighted by Crippen LogP contribution is -2.00. The molecule has 0 fully saturated rings. The van der Waals surface area contributed by atoms with Gasteiger partial charge in [-0.3, -0.25) is 4.98 Å². The molecule has 1 N–H and O–H groups in total. The third-order valence-corrected chi connectivity index (χ3v) is 3.48. The van der Waals surface area contributed by atoms with Gasteiger partial charge in [0.15, 0.2) is 0 Å². The number of H-pyrrole nitrogens is 1. The average molecular weight is 282 g/mol. The Bertz CT molecular complexity index is 613. The quantitative estimate of drug-likeness (QED) is 0.734. The number of rotatable bonds is 8. The number of aromatic amines is 1. The fraction of sp³-hybridized carbons (Fsp3) is 0.278. The van der Waals surface area contributed by atoms with E-state index in [-0.39, 0.29) is 0 Å². The van der Waals surface area contributed by atoms with Gasteiger partial charge in [0.2, 0.25) is 0 Å². The first-order valence-electron chi connectivity index (χ1n) is 7.30. The molecule has 2 aromatic rings. The van der Waals surface area contributed by atoms with Gasteiger partial charge in [-0.1, -0.05) is 26.2 Å². The zero-order valence-electron chi connectivity index (χ0n) is 12.6. The Morgan fingerprint density at radius 3 is 2.86 bits per heavy atom. The number of hydrogen-bond acceptors (Lipinski definition) is 2. The summed E-state index contributed by atoms with van der Waals surface area (Å²) in [5.74, 6) is 0.846. The van der Waals surface area contributed by atoms with Gasteiger partial charge < -0.3 is 9.72 Å². The zero-order chi connectivity index (χ0) is 15.1. The molecule has 0 atom stereocenters. The lowest BCUT2D eigenvalue weighted by molar-refractivity contribution is 0.309. The molecule has 3 heteroatoms. The van der Waals surface area contributed by atoms with Gasteiger partial charge >= 0.3 is 0 Å². The Labute approximate surface area is 126 Å². The first kappa shape index (κ1) is 15.1. The van der Waals surface area contributed by atoms with Crippen molar-refractivity contribution in [1.82, 2.24) is 9.97 Å². The van der Waals surface area contributed by atoms with Gasteiger partial charge in [-0.05, 0) is 42.5 Å². The van der Waals surface area contributed by atoms with Crippen molar-refractivity contribution in [3.05, 3.63) is 60.2 Å². The molecule has 2 rings (SSSR count). The maximum Gasteiger partial charge on any atom is 0.137 e. The maximum absolute atomic E-state index is 5.76. The van der Waals surface area contributed by atoms with Crippen LogP contribution in [0.1, 0.15) is 35.7 Å². The summed E-state index contributed by atoms with van der Waals surface area (Å²) in [6, 6.07) is 2.05. The second-order valence-corrected chi connectivity index (χ2v) is 4.88. The number of nitrogens with one attached hydrogen (secondary N) is 1. The summed E-state index contributed by atoms with van der Waals surface area (Å²) in [4.78, 5) is 7.39. The topological polar surface area (TPSA) is 37.9 Å².